The molecule has 0 fully saturated rings. The summed E-state index contributed by atoms with van der Waals surface area (Å²) in [5.41, 5.74) is 2.27. The van der Waals surface area contributed by atoms with Gasteiger partial charge in [0.1, 0.15) is 0 Å². The monoisotopic (exact) mass is 249 g/mol. The molecular weight excluding hydrogens is 234 g/mol. The van der Waals surface area contributed by atoms with Crippen molar-refractivity contribution in [2.24, 2.45) is 0 Å². The van der Waals surface area contributed by atoms with E-state index in [1.54, 1.807) is 0 Å². The van der Waals surface area contributed by atoms with Crippen LogP contribution in [0.1, 0.15) is 31.0 Å². The minimum absolute atomic E-state index is 0.399. The number of hydrogen-bond donors (Lipinski definition) is 0. The Morgan fingerprint density at radius 1 is 1.41 bits per heavy atom. The maximum Gasteiger partial charge on any atom is 0.0833 e. The van der Waals surface area contributed by atoms with Crippen LogP contribution in [0.15, 0.2) is 30.5 Å². The van der Waals surface area contributed by atoms with E-state index in [2.05, 4.69) is 30.2 Å². The van der Waals surface area contributed by atoms with Gasteiger partial charge in [0.2, 0.25) is 0 Å². The summed E-state index contributed by atoms with van der Waals surface area (Å²) in [6, 6.07) is 7.99. The molecule has 0 N–H and O–H groups in total. The smallest absolute Gasteiger partial charge is 0.0833 e. The predicted molar refractivity (Wildman–Crippen MR) is 69.3 cm³/mol. The molecule has 0 aliphatic carbocycles. The molecule has 0 saturated carbocycles. The molecule has 0 aliphatic rings. The molecule has 2 aromatic rings. The number of nitrogens with zero attached hydrogens (tertiary/aromatic N) is 3. The molecule has 1 atom stereocenters. The SMILES string of the molecule is CCn1cc(CC(C)c2cccc(Cl)c2)nn1. The lowest BCUT2D eigenvalue weighted by Crippen LogP contribution is -1.98. The summed E-state index contributed by atoms with van der Waals surface area (Å²) in [6.07, 6.45) is 2.89. The first kappa shape index (κ1) is 12.1. The Morgan fingerprint density at radius 3 is 2.88 bits per heavy atom. The lowest BCUT2D eigenvalue weighted by molar-refractivity contribution is 0.626. The summed E-state index contributed by atoms with van der Waals surface area (Å²) in [7, 11) is 0. The standard InChI is InChI=1S/C13H16ClN3/c1-3-17-9-13(15-16-17)7-10(2)11-5-4-6-12(14)8-11/h4-6,8-10H,3,7H2,1-2H3. The Labute approximate surface area is 106 Å². The average molecular weight is 250 g/mol. The third-order valence-electron chi connectivity index (χ3n) is 2.84. The van der Waals surface area contributed by atoms with Gasteiger partial charge in [-0.3, -0.25) is 4.68 Å². The fourth-order valence-electron chi connectivity index (χ4n) is 1.83. The Bertz CT molecular complexity index is 493. The van der Waals surface area contributed by atoms with E-state index in [1.165, 1.54) is 5.56 Å². The van der Waals surface area contributed by atoms with Crippen LogP contribution in [0.5, 0.6) is 0 Å². The van der Waals surface area contributed by atoms with Crippen molar-refractivity contribution in [3.63, 3.8) is 0 Å². The zero-order valence-electron chi connectivity index (χ0n) is 10.1. The molecule has 0 spiro atoms. The molecule has 4 heteroatoms. The van der Waals surface area contributed by atoms with E-state index >= 15 is 0 Å². The van der Waals surface area contributed by atoms with Crippen molar-refractivity contribution in [3.8, 4) is 0 Å². The average Bonchev–Trinajstić information content (AvgIpc) is 2.77. The van der Waals surface area contributed by atoms with Crippen molar-refractivity contribution >= 4 is 11.6 Å². The topological polar surface area (TPSA) is 30.7 Å². The van der Waals surface area contributed by atoms with E-state index in [1.807, 2.05) is 29.1 Å². The summed E-state index contributed by atoms with van der Waals surface area (Å²) in [6.45, 7) is 5.09. The molecule has 3 nitrogen and oxygen atoms in total. The van der Waals surface area contributed by atoms with Crippen LogP contribution in [0.2, 0.25) is 5.02 Å². The van der Waals surface area contributed by atoms with Gasteiger partial charge in [-0.2, -0.15) is 0 Å². The van der Waals surface area contributed by atoms with Gasteiger partial charge in [0.15, 0.2) is 0 Å². The van der Waals surface area contributed by atoms with E-state index in [-0.39, 0.29) is 0 Å². The summed E-state index contributed by atoms with van der Waals surface area (Å²) < 4.78 is 1.85. The van der Waals surface area contributed by atoms with Crippen LogP contribution >= 0.6 is 11.6 Å². The third-order valence-corrected chi connectivity index (χ3v) is 3.08. The predicted octanol–water partition coefficient (Wildman–Crippen LogP) is 3.30. The largest absolute Gasteiger partial charge is 0.253 e. The zero-order valence-corrected chi connectivity index (χ0v) is 10.9. The van der Waals surface area contributed by atoms with E-state index < -0.39 is 0 Å². The van der Waals surface area contributed by atoms with Crippen molar-refractivity contribution in [2.75, 3.05) is 0 Å². The summed E-state index contributed by atoms with van der Waals surface area (Å²) in [5, 5.41) is 8.98. The van der Waals surface area contributed by atoms with Gasteiger partial charge in [-0.1, -0.05) is 35.9 Å². The normalized spacial score (nSPS) is 12.6. The first-order valence-corrected chi connectivity index (χ1v) is 6.21. The van der Waals surface area contributed by atoms with Crippen LogP contribution in [0.3, 0.4) is 0 Å². The van der Waals surface area contributed by atoms with Crippen LogP contribution in [-0.2, 0) is 13.0 Å². The molecule has 1 heterocycles. The molecule has 2 rings (SSSR count). The van der Waals surface area contributed by atoms with Gasteiger partial charge in [0, 0.05) is 17.8 Å². The number of hydrogen-bond acceptors (Lipinski definition) is 2. The van der Waals surface area contributed by atoms with Crippen LogP contribution in [0.4, 0.5) is 0 Å². The molecule has 1 aromatic carbocycles. The van der Waals surface area contributed by atoms with E-state index in [9.17, 15) is 0 Å². The summed E-state index contributed by atoms with van der Waals surface area (Å²) in [5.74, 6) is 0.399. The highest BCUT2D eigenvalue weighted by Gasteiger charge is 2.09. The quantitative estimate of drug-likeness (QED) is 0.833. The van der Waals surface area contributed by atoms with Gasteiger partial charge in [-0.05, 0) is 37.0 Å². The fraction of sp³-hybridized carbons (Fsp3) is 0.385. The number of halogens is 1. The van der Waals surface area contributed by atoms with Gasteiger partial charge in [0.25, 0.3) is 0 Å². The third kappa shape index (κ3) is 3.07. The van der Waals surface area contributed by atoms with E-state index in [0.717, 1.165) is 23.7 Å². The van der Waals surface area contributed by atoms with Gasteiger partial charge in [-0.25, -0.2) is 0 Å². The first-order valence-electron chi connectivity index (χ1n) is 5.83. The number of aryl methyl sites for hydroxylation is 1. The molecule has 0 aliphatic heterocycles. The first-order chi connectivity index (χ1) is 8.19. The summed E-state index contributed by atoms with van der Waals surface area (Å²) >= 11 is 5.99. The zero-order chi connectivity index (χ0) is 12.3. The van der Waals surface area contributed by atoms with Gasteiger partial charge < -0.3 is 0 Å². The molecule has 0 amide bonds. The highest BCUT2D eigenvalue weighted by atomic mass is 35.5. The fourth-order valence-corrected chi connectivity index (χ4v) is 2.03. The van der Waals surface area contributed by atoms with Crippen molar-refractivity contribution < 1.29 is 0 Å². The second kappa shape index (κ2) is 5.32. The number of rotatable bonds is 4. The highest BCUT2D eigenvalue weighted by molar-refractivity contribution is 6.30. The molecule has 0 bridgehead atoms. The van der Waals surface area contributed by atoms with Gasteiger partial charge >= 0.3 is 0 Å². The van der Waals surface area contributed by atoms with Gasteiger partial charge in [-0.15, -0.1) is 5.10 Å². The minimum Gasteiger partial charge on any atom is -0.253 e. The Morgan fingerprint density at radius 2 is 2.24 bits per heavy atom. The van der Waals surface area contributed by atoms with Crippen LogP contribution in [0, 0.1) is 0 Å². The van der Waals surface area contributed by atoms with E-state index in [0.29, 0.717) is 5.92 Å². The lowest BCUT2D eigenvalue weighted by Gasteiger charge is -2.09. The molecule has 1 unspecified atom stereocenters. The molecule has 17 heavy (non-hydrogen) atoms. The molecule has 0 radical (unpaired) electrons. The molecule has 1 aromatic heterocycles. The Kier molecular flexibility index (Phi) is 3.79. The Balaban J connectivity index is 2.08. The van der Waals surface area contributed by atoms with Crippen LogP contribution in [0.25, 0.3) is 0 Å². The molecular formula is C13H16ClN3. The van der Waals surface area contributed by atoms with Crippen molar-refractivity contribution in [1.29, 1.82) is 0 Å². The van der Waals surface area contributed by atoms with Crippen LogP contribution in [-0.4, -0.2) is 15.0 Å². The van der Waals surface area contributed by atoms with Gasteiger partial charge in [0.05, 0.1) is 5.69 Å². The second-order valence-electron chi connectivity index (χ2n) is 4.23. The summed E-state index contributed by atoms with van der Waals surface area (Å²) in [4.78, 5) is 0. The maximum atomic E-state index is 5.99. The Hall–Kier alpha value is -1.35. The maximum absolute atomic E-state index is 5.99. The van der Waals surface area contributed by atoms with Crippen molar-refractivity contribution in [3.05, 3.63) is 46.7 Å². The van der Waals surface area contributed by atoms with E-state index in [4.69, 9.17) is 11.6 Å². The number of benzene rings is 1. The van der Waals surface area contributed by atoms with Crippen LogP contribution < -0.4 is 0 Å². The minimum atomic E-state index is 0.399. The highest BCUT2D eigenvalue weighted by Crippen LogP contribution is 2.22. The van der Waals surface area contributed by atoms with Crippen molar-refractivity contribution in [2.45, 2.75) is 32.7 Å². The second-order valence-corrected chi connectivity index (χ2v) is 4.66. The lowest BCUT2D eigenvalue weighted by atomic mass is 9.97. The van der Waals surface area contributed by atoms with Crippen molar-refractivity contribution in [1.82, 2.24) is 15.0 Å². The number of aromatic nitrogens is 3. The molecule has 0 saturated heterocycles. The molecule has 90 valence electrons.